The Labute approximate surface area is 91.6 Å². The molecule has 1 aliphatic carbocycles. The number of halogens is 1. The minimum Gasteiger partial charge on any atom is -0.0928 e. The summed E-state index contributed by atoms with van der Waals surface area (Å²) in [5.41, 5.74) is 0. The van der Waals surface area contributed by atoms with Crippen LogP contribution in [0.2, 0.25) is 0 Å². The quantitative estimate of drug-likeness (QED) is 0.614. The normalized spacial score (nSPS) is 21.7. The lowest BCUT2D eigenvalue weighted by Gasteiger charge is -2.29. The van der Waals surface area contributed by atoms with Crippen molar-refractivity contribution in [2.75, 3.05) is 5.33 Å². The van der Waals surface area contributed by atoms with E-state index < -0.39 is 0 Å². The zero-order chi connectivity index (χ0) is 9.52. The summed E-state index contributed by atoms with van der Waals surface area (Å²) >= 11 is 3.59. The molecule has 13 heavy (non-hydrogen) atoms. The van der Waals surface area contributed by atoms with Gasteiger partial charge in [0.05, 0.1) is 0 Å². The van der Waals surface area contributed by atoms with Gasteiger partial charge in [-0.1, -0.05) is 67.8 Å². The second-order valence-electron chi connectivity index (χ2n) is 4.42. The Hall–Kier alpha value is 0.480. The van der Waals surface area contributed by atoms with Crippen LogP contribution in [0.5, 0.6) is 0 Å². The standard InChI is InChI=1S/C12H23Br/c1-2-6-11(9-10-13)12-7-4-3-5-8-12/h11-12H,2-10H2,1H3. The van der Waals surface area contributed by atoms with Crippen LogP contribution in [0.3, 0.4) is 0 Å². The highest BCUT2D eigenvalue weighted by molar-refractivity contribution is 9.09. The topological polar surface area (TPSA) is 0 Å². The Morgan fingerprint density at radius 2 is 1.85 bits per heavy atom. The van der Waals surface area contributed by atoms with E-state index in [1.165, 1.54) is 56.7 Å². The van der Waals surface area contributed by atoms with Gasteiger partial charge in [-0.05, 0) is 18.3 Å². The zero-order valence-electron chi connectivity index (χ0n) is 8.90. The first-order valence-electron chi connectivity index (χ1n) is 5.94. The predicted octanol–water partition coefficient (Wildman–Crippen LogP) is 4.77. The Morgan fingerprint density at radius 3 is 2.38 bits per heavy atom. The fourth-order valence-electron chi connectivity index (χ4n) is 2.73. The van der Waals surface area contributed by atoms with E-state index in [0.717, 1.165) is 11.8 Å². The molecule has 0 aromatic rings. The van der Waals surface area contributed by atoms with E-state index in [9.17, 15) is 0 Å². The van der Waals surface area contributed by atoms with Gasteiger partial charge >= 0.3 is 0 Å². The summed E-state index contributed by atoms with van der Waals surface area (Å²) in [7, 11) is 0. The third-order valence-corrected chi connectivity index (χ3v) is 3.91. The molecular weight excluding hydrogens is 224 g/mol. The molecule has 0 nitrogen and oxygen atoms in total. The molecule has 0 aliphatic heterocycles. The molecule has 1 unspecified atom stereocenters. The molecule has 1 fully saturated rings. The van der Waals surface area contributed by atoms with Crippen LogP contribution in [-0.2, 0) is 0 Å². The Morgan fingerprint density at radius 1 is 1.15 bits per heavy atom. The van der Waals surface area contributed by atoms with E-state index in [4.69, 9.17) is 0 Å². The summed E-state index contributed by atoms with van der Waals surface area (Å²) in [6.07, 6.45) is 11.7. The van der Waals surface area contributed by atoms with Gasteiger partial charge in [0.1, 0.15) is 0 Å². The molecule has 0 N–H and O–H groups in total. The molecular formula is C12H23Br. The van der Waals surface area contributed by atoms with E-state index in [1.807, 2.05) is 0 Å². The maximum absolute atomic E-state index is 3.59. The molecule has 1 heteroatoms. The molecule has 0 aromatic heterocycles. The minimum atomic E-state index is 1.02. The summed E-state index contributed by atoms with van der Waals surface area (Å²) in [5.74, 6) is 2.08. The molecule has 1 saturated carbocycles. The van der Waals surface area contributed by atoms with Crippen LogP contribution in [0.4, 0.5) is 0 Å². The van der Waals surface area contributed by atoms with Gasteiger partial charge in [-0.15, -0.1) is 0 Å². The number of hydrogen-bond donors (Lipinski definition) is 0. The fraction of sp³-hybridized carbons (Fsp3) is 1.00. The molecule has 0 bridgehead atoms. The third-order valence-electron chi connectivity index (χ3n) is 3.46. The Bertz CT molecular complexity index is 110. The van der Waals surface area contributed by atoms with Crippen LogP contribution in [0, 0.1) is 11.8 Å². The van der Waals surface area contributed by atoms with Gasteiger partial charge < -0.3 is 0 Å². The van der Waals surface area contributed by atoms with Crippen LogP contribution in [0.15, 0.2) is 0 Å². The van der Waals surface area contributed by atoms with Gasteiger partial charge in [-0.3, -0.25) is 0 Å². The first-order chi connectivity index (χ1) is 6.38. The van der Waals surface area contributed by atoms with E-state index >= 15 is 0 Å². The molecule has 0 aromatic carbocycles. The second kappa shape index (κ2) is 6.86. The smallest absolute Gasteiger partial charge is 0.00340 e. The summed E-state index contributed by atoms with van der Waals surface area (Å²) in [6, 6.07) is 0. The second-order valence-corrected chi connectivity index (χ2v) is 5.22. The van der Waals surface area contributed by atoms with Crippen LogP contribution >= 0.6 is 15.9 Å². The van der Waals surface area contributed by atoms with E-state index in [2.05, 4.69) is 22.9 Å². The number of alkyl halides is 1. The van der Waals surface area contributed by atoms with Crippen molar-refractivity contribution in [3.05, 3.63) is 0 Å². The van der Waals surface area contributed by atoms with Gasteiger partial charge in [-0.25, -0.2) is 0 Å². The van der Waals surface area contributed by atoms with E-state index in [0.29, 0.717) is 0 Å². The van der Waals surface area contributed by atoms with Crippen molar-refractivity contribution in [3.8, 4) is 0 Å². The third kappa shape index (κ3) is 4.01. The average molecular weight is 247 g/mol. The molecule has 1 aliphatic rings. The molecule has 1 atom stereocenters. The zero-order valence-corrected chi connectivity index (χ0v) is 10.5. The molecule has 0 radical (unpaired) electrons. The van der Waals surface area contributed by atoms with Gasteiger partial charge in [0, 0.05) is 5.33 Å². The predicted molar refractivity (Wildman–Crippen MR) is 63.4 cm³/mol. The van der Waals surface area contributed by atoms with Crippen molar-refractivity contribution in [1.82, 2.24) is 0 Å². The van der Waals surface area contributed by atoms with Crippen molar-refractivity contribution in [1.29, 1.82) is 0 Å². The molecule has 0 spiro atoms. The fourth-order valence-corrected chi connectivity index (χ4v) is 3.32. The first-order valence-corrected chi connectivity index (χ1v) is 7.06. The average Bonchev–Trinajstić information content (AvgIpc) is 2.19. The lowest BCUT2D eigenvalue weighted by atomic mass is 9.77. The van der Waals surface area contributed by atoms with Crippen molar-refractivity contribution >= 4 is 15.9 Å². The minimum absolute atomic E-state index is 1.02. The SMILES string of the molecule is CCCC(CCBr)C1CCCCC1. The molecule has 0 saturated heterocycles. The van der Waals surface area contributed by atoms with Gasteiger partial charge in [0.2, 0.25) is 0 Å². The molecule has 0 heterocycles. The largest absolute Gasteiger partial charge is 0.0928 e. The van der Waals surface area contributed by atoms with Crippen molar-refractivity contribution in [2.24, 2.45) is 11.8 Å². The molecule has 1 rings (SSSR count). The summed E-state index contributed by atoms with van der Waals surface area (Å²) in [6.45, 7) is 2.32. The van der Waals surface area contributed by atoms with Crippen LogP contribution in [0.1, 0.15) is 58.3 Å². The Kier molecular flexibility index (Phi) is 6.10. The first kappa shape index (κ1) is 11.6. The van der Waals surface area contributed by atoms with Crippen molar-refractivity contribution in [3.63, 3.8) is 0 Å². The lowest BCUT2D eigenvalue weighted by Crippen LogP contribution is -2.18. The van der Waals surface area contributed by atoms with Crippen LogP contribution in [0.25, 0.3) is 0 Å². The summed E-state index contributed by atoms with van der Waals surface area (Å²) < 4.78 is 0. The molecule has 78 valence electrons. The van der Waals surface area contributed by atoms with E-state index in [1.54, 1.807) is 0 Å². The van der Waals surface area contributed by atoms with Crippen molar-refractivity contribution < 1.29 is 0 Å². The van der Waals surface area contributed by atoms with Gasteiger partial charge in [-0.2, -0.15) is 0 Å². The van der Waals surface area contributed by atoms with Crippen LogP contribution in [-0.4, -0.2) is 5.33 Å². The highest BCUT2D eigenvalue weighted by atomic mass is 79.9. The summed E-state index contributed by atoms with van der Waals surface area (Å²) in [4.78, 5) is 0. The van der Waals surface area contributed by atoms with Crippen LogP contribution < -0.4 is 0 Å². The van der Waals surface area contributed by atoms with Gasteiger partial charge in [0.15, 0.2) is 0 Å². The number of rotatable bonds is 5. The maximum Gasteiger partial charge on any atom is 0.00340 e. The number of hydrogen-bond acceptors (Lipinski definition) is 0. The highest BCUT2D eigenvalue weighted by Gasteiger charge is 2.21. The Balaban J connectivity index is 2.32. The molecule has 0 amide bonds. The van der Waals surface area contributed by atoms with E-state index in [-0.39, 0.29) is 0 Å². The summed E-state index contributed by atoms with van der Waals surface area (Å²) in [5, 5.41) is 1.20. The van der Waals surface area contributed by atoms with Gasteiger partial charge in [0.25, 0.3) is 0 Å². The monoisotopic (exact) mass is 246 g/mol. The lowest BCUT2D eigenvalue weighted by molar-refractivity contribution is 0.230. The maximum atomic E-state index is 3.59. The van der Waals surface area contributed by atoms with Crippen molar-refractivity contribution in [2.45, 2.75) is 58.3 Å². The highest BCUT2D eigenvalue weighted by Crippen LogP contribution is 2.34.